The van der Waals surface area contributed by atoms with Gasteiger partial charge in [-0.2, -0.15) is 5.10 Å². The van der Waals surface area contributed by atoms with Gasteiger partial charge in [0, 0.05) is 54.7 Å². The van der Waals surface area contributed by atoms with Crippen LogP contribution in [0.4, 0.5) is 5.82 Å². The Balaban J connectivity index is 1.49. The molecule has 0 saturated carbocycles. The van der Waals surface area contributed by atoms with E-state index in [0.717, 1.165) is 49.2 Å². The predicted molar refractivity (Wildman–Crippen MR) is 117 cm³/mol. The number of anilines is 1. The SMILES string of the molecule is Cc1nc(C)c(C)c(N2CCN(C(C)(C)c3cnn(-c4ccccc4)c3)CC2)n1. The van der Waals surface area contributed by atoms with E-state index in [-0.39, 0.29) is 5.54 Å². The van der Waals surface area contributed by atoms with E-state index < -0.39 is 0 Å². The van der Waals surface area contributed by atoms with Crippen molar-refractivity contribution in [3.05, 3.63) is 65.4 Å². The predicted octanol–water partition coefficient (Wildman–Crippen LogP) is 3.64. The third kappa shape index (κ3) is 3.77. The van der Waals surface area contributed by atoms with Crippen LogP contribution in [0.5, 0.6) is 0 Å². The first-order valence-electron chi connectivity index (χ1n) is 10.3. The topological polar surface area (TPSA) is 50.1 Å². The van der Waals surface area contributed by atoms with Crippen LogP contribution in [0.3, 0.4) is 0 Å². The van der Waals surface area contributed by atoms with Crippen molar-refractivity contribution in [2.75, 3.05) is 31.1 Å². The van der Waals surface area contributed by atoms with Crippen molar-refractivity contribution < 1.29 is 0 Å². The quantitative estimate of drug-likeness (QED) is 0.681. The molecule has 1 fully saturated rings. The van der Waals surface area contributed by atoms with Gasteiger partial charge in [0.2, 0.25) is 0 Å². The Morgan fingerprint density at radius 1 is 0.897 bits per heavy atom. The van der Waals surface area contributed by atoms with Crippen LogP contribution in [0, 0.1) is 20.8 Å². The number of nitrogens with zero attached hydrogens (tertiary/aromatic N) is 6. The molecule has 152 valence electrons. The van der Waals surface area contributed by atoms with Crippen molar-refractivity contribution in [2.45, 2.75) is 40.2 Å². The van der Waals surface area contributed by atoms with E-state index in [1.54, 1.807) is 0 Å². The molecule has 29 heavy (non-hydrogen) atoms. The van der Waals surface area contributed by atoms with Gasteiger partial charge < -0.3 is 4.90 Å². The van der Waals surface area contributed by atoms with Crippen molar-refractivity contribution in [1.29, 1.82) is 0 Å². The van der Waals surface area contributed by atoms with Crippen LogP contribution in [0.15, 0.2) is 42.7 Å². The molecule has 6 nitrogen and oxygen atoms in total. The third-order valence-electron chi connectivity index (χ3n) is 6.15. The van der Waals surface area contributed by atoms with E-state index in [2.05, 4.69) is 65.9 Å². The molecule has 1 aromatic carbocycles. The maximum atomic E-state index is 4.72. The van der Waals surface area contributed by atoms with Gasteiger partial charge in [-0.25, -0.2) is 14.6 Å². The molecule has 4 rings (SSSR count). The lowest BCUT2D eigenvalue weighted by atomic mass is 9.94. The van der Waals surface area contributed by atoms with Crippen LogP contribution in [-0.4, -0.2) is 50.8 Å². The number of hydrogen-bond acceptors (Lipinski definition) is 5. The number of aromatic nitrogens is 4. The highest BCUT2D eigenvalue weighted by molar-refractivity contribution is 5.48. The maximum absolute atomic E-state index is 4.72. The molecule has 3 heterocycles. The summed E-state index contributed by atoms with van der Waals surface area (Å²) in [6, 6.07) is 10.3. The van der Waals surface area contributed by atoms with Crippen LogP contribution in [-0.2, 0) is 5.54 Å². The molecule has 0 amide bonds. The summed E-state index contributed by atoms with van der Waals surface area (Å²) in [6.45, 7) is 14.7. The first-order chi connectivity index (χ1) is 13.9. The van der Waals surface area contributed by atoms with Crippen LogP contribution < -0.4 is 4.90 Å². The molecule has 2 aromatic heterocycles. The minimum absolute atomic E-state index is 0.0777. The third-order valence-corrected chi connectivity index (χ3v) is 6.15. The van der Waals surface area contributed by atoms with Crippen LogP contribution in [0.2, 0.25) is 0 Å². The van der Waals surface area contributed by atoms with Gasteiger partial charge in [-0.1, -0.05) is 18.2 Å². The van der Waals surface area contributed by atoms with Crippen molar-refractivity contribution in [3.63, 3.8) is 0 Å². The van der Waals surface area contributed by atoms with Gasteiger partial charge in [0.15, 0.2) is 0 Å². The molecule has 0 bridgehead atoms. The van der Waals surface area contributed by atoms with Crippen LogP contribution >= 0.6 is 0 Å². The Bertz CT molecular complexity index is 984. The summed E-state index contributed by atoms with van der Waals surface area (Å²) >= 11 is 0. The summed E-state index contributed by atoms with van der Waals surface area (Å²) in [4.78, 5) is 14.2. The molecule has 6 heteroatoms. The molecule has 0 spiro atoms. The number of piperazine rings is 1. The highest BCUT2D eigenvalue weighted by Gasteiger charge is 2.33. The zero-order valence-electron chi connectivity index (χ0n) is 18.1. The molecule has 0 atom stereocenters. The second-order valence-corrected chi connectivity index (χ2v) is 8.35. The van der Waals surface area contributed by atoms with Crippen molar-refractivity contribution >= 4 is 5.82 Å². The Morgan fingerprint density at radius 2 is 1.59 bits per heavy atom. The highest BCUT2D eigenvalue weighted by Crippen LogP contribution is 2.30. The zero-order chi connectivity index (χ0) is 20.6. The number of aryl methyl sites for hydroxylation is 2. The fourth-order valence-electron chi connectivity index (χ4n) is 4.08. The van der Waals surface area contributed by atoms with Gasteiger partial charge in [0.05, 0.1) is 11.9 Å². The summed E-state index contributed by atoms with van der Waals surface area (Å²) in [5.41, 5.74) is 4.51. The smallest absolute Gasteiger partial charge is 0.135 e. The Labute approximate surface area is 173 Å². The number of rotatable bonds is 4. The first kappa shape index (κ1) is 19.6. The molecule has 1 aliphatic rings. The monoisotopic (exact) mass is 390 g/mol. The fourth-order valence-corrected chi connectivity index (χ4v) is 4.08. The van der Waals surface area contributed by atoms with Crippen LogP contribution in [0.1, 0.15) is 36.5 Å². The maximum Gasteiger partial charge on any atom is 0.135 e. The van der Waals surface area contributed by atoms with E-state index in [1.165, 1.54) is 11.1 Å². The molecule has 0 radical (unpaired) electrons. The minimum Gasteiger partial charge on any atom is -0.354 e. The van der Waals surface area contributed by atoms with Gasteiger partial charge in [0.1, 0.15) is 11.6 Å². The molecule has 3 aromatic rings. The molecule has 0 N–H and O–H groups in total. The standard InChI is InChI=1S/C23H30N6/c1-17-18(2)25-19(3)26-22(17)27-11-13-28(14-12-27)23(4,5)20-15-24-29(16-20)21-9-7-6-8-10-21/h6-10,15-16H,11-14H2,1-5H3. The van der Waals surface area contributed by atoms with E-state index >= 15 is 0 Å². The Hall–Kier alpha value is -2.73. The Morgan fingerprint density at radius 3 is 2.28 bits per heavy atom. The van der Waals surface area contributed by atoms with Gasteiger partial charge in [0.25, 0.3) is 0 Å². The lowest BCUT2D eigenvalue weighted by Gasteiger charge is -2.44. The second kappa shape index (κ2) is 7.59. The largest absolute Gasteiger partial charge is 0.354 e. The molecule has 0 unspecified atom stereocenters. The van der Waals surface area contributed by atoms with E-state index in [9.17, 15) is 0 Å². The summed E-state index contributed by atoms with van der Waals surface area (Å²) in [5, 5.41) is 4.60. The van der Waals surface area contributed by atoms with E-state index in [1.807, 2.05) is 36.0 Å². The van der Waals surface area contributed by atoms with Crippen molar-refractivity contribution in [3.8, 4) is 5.69 Å². The average molecular weight is 391 g/mol. The second-order valence-electron chi connectivity index (χ2n) is 8.35. The summed E-state index contributed by atoms with van der Waals surface area (Å²) in [7, 11) is 0. The number of hydrogen-bond donors (Lipinski definition) is 0. The highest BCUT2D eigenvalue weighted by atomic mass is 15.3. The lowest BCUT2D eigenvalue weighted by molar-refractivity contribution is 0.111. The van der Waals surface area contributed by atoms with Crippen LogP contribution in [0.25, 0.3) is 5.69 Å². The van der Waals surface area contributed by atoms with Crippen molar-refractivity contribution in [1.82, 2.24) is 24.6 Å². The summed E-state index contributed by atoms with van der Waals surface area (Å²) in [5.74, 6) is 1.93. The van der Waals surface area contributed by atoms with E-state index in [4.69, 9.17) is 4.98 Å². The minimum atomic E-state index is -0.0777. The number of benzene rings is 1. The van der Waals surface area contributed by atoms with Gasteiger partial charge in [-0.05, 0) is 46.8 Å². The first-order valence-corrected chi connectivity index (χ1v) is 10.3. The molecular weight excluding hydrogens is 360 g/mol. The molecule has 0 aliphatic carbocycles. The normalized spacial score (nSPS) is 15.7. The zero-order valence-corrected chi connectivity index (χ0v) is 18.1. The number of para-hydroxylation sites is 1. The summed E-state index contributed by atoms with van der Waals surface area (Å²) < 4.78 is 1.96. The molecule has 1 aliphatic heterocycles. The Kier molecular flexibility index (Phi) is 5.13. The van der Waals surface area contributed by atoms with Crippen molar-refractivity contribution in [2.24, 2.45) is 0 Å². The fraction of sp³-hybridized carbons (Fsp3) is 0.435. The molecular formula is C23H30N6. The average Bonchev–Trinajstić information content (AvgIpc) is 3.23. The lowest BCUT2D eigenvalue weighted by Crippen LogP contribution is -2.53. The van der Waals surface area contributed by atoms with Gasteiger partial charge in [-0.15, -0.1) is 0 Å². The van der Waals surface area contributed by atoms with Gasteiger partial charge >= 0.3 is 0 Å². The summed E-state index contributed by atoms with van der Waals surface area (Å²) in [6.07, 6.45) is 4.16. The van der Waals surface area contributed by atoms with E-state index in [0.29, 0.717) is 0 Å². The molecule has 1 saturated heterocycles. The van der Waals surface area contributed by atoms with Gasteiger partial charge in [-0.3, -0.25) is 4.90 Å².